The summed E-state index contributed by atoms with van der Waals surface area (Å²) in [6, 6.07) is 18.8. The SMILES string of the molecule is Cc1ccc(OCCN2C(=O)C(C)Oc3cc(NC(=O)c4ccc(S(=O)(=O)N5CCCCC5)cc4)ccc32)cc1. The van der Waals surface area contributed by atoms with E-state index in [-0.39, 0.29) is 16.7 Å². The molecule has 210 valence electrons. The van der Waals surface area contributed by atoms with Crippen molar-refractivity contribution >= 4 is 33.2 Å². The normalized spacial score (nSPS) is 17.6. The van der Waals surface area contributed by atoms with Crippen molar-refractivity contribution in [3.05, 3.63) is 77.9 Å². The lowest BCUT2D eigenvalue weighted by Gasteiger charge is -2.33. The fourth-order valence-electron chi connectivity index (χ4n) is 4.84. The molecule has 9 nitrogen and oxygen atoms in total. The van der Waals surface area contributed by atoms with Crippen LogP contribution in [0.4, 0.5) is 11.4 Å². The molecule has 3 aromatic rings. The van der Waals surface area contributed by atoms with Crippen molar-refractivity contribution in [2.45, 2.75) is 44.1 Å². The second-order valence-corrected chi connectivity index (χ2v) is 12.0. The molecule has 10 heteroatoms. The summed E-state index contributed by atoms with van der Waals surface area (Å²) in [5.74, 6) is 0.652. The highest BCUT2D eigenvalue weighted by atomic mass is 32.2. The number of amides is 2. The zero-order valence-electron chi connectivity index (χ0n) is 22.6. The molecule has 2 aliphatic heterocycles. The van der Waals surface area contributed by atoms with Crippen molar-refractivity contribution < 1.29 is 27.5 Å². The molecule has 1 saturated heterocycles. The molecular formula is C30H33N3O6S. The van der Waals surface area contributed by atoms with E-state index in [4.69, 9.17) is 9.47 Å². The van der Waals surface area contributed by atoms with Gasteiger partial charge in [0.2, 0.25) is 10.0 Å². The Morgan fingerprint density at radius 2 is 1.70 bits per heavy atom. The number of carbonyl (C=O) groups excluding carboxylic acids is 2. The van der Waals surface area contributed by atoms with Crippen LogP contribution in [0.1, 0.15) is 42.1 Å². The smallest absolute Gasteiger partial charge is 0.267 e. The molecule has 2 heterocycles. The highest BCUT2D eigenvalue weighted by Gasteiger charge is 2.32. The van der Waals surface area contributed by atoms with Crippen molar-refractivity contribution in [3.63, 3.8) is 0 Å². The number of rotatable bonds is 8. The average molecular weight is 564 g/mol. The van der Waals surface area contributed by atoms with E-state index in [1.807, 2.05) is 31.2 Å². The predicted molar refractivity (Wildman–Crippen MR) is 153 cm³/mol. The number of nitrogens with one attached hydrogen (secondary N) is 1. The molecule has 2 amide bonds. The summed E-state index contributed by atoms with van der Waals surface area (Å²) in [4.78, 5) is 27.6. The molecule has 3 aromatic carbocycles. The maximum absolute atomic E-state index is 12.9. The van der Waals surface area contributed by atoms with Gasteiger partial charge >= 0.3 is 0 Å². The van der Waals surface area contributed by atoms with E-state index >= 15 is 0 Å². The van der Waals surface area contributed by atoms with Crippen molar-refractivity contribution in [3.8, 4) is 11.5 Å². The number of anilines is 2. The molecular weight excluding hydrogens is 530 g/mol. The van der Waals surface area contributed by atoms with Gasteiger partial charge in [0.25, 0.3) is 11.8 Å². The summed E-state index contributed by atoms with van der Waals surface area (Å²) in [5, 5.41) is 2.83. The first-order chi connectivity index (χ1) is 19.2. The van der Waals surface area contributed by atoms with E-state index < -0.39 is 16.1 Å². The van der Waals surface area contributed by atoms with E-state index in [1.54, 1.807) is 30.0 Å². The van der Waals surface area contributed by atoms with Gasteiger partial charge in [-0.25, -0.2) is 8.42 Å². The van der Waals surface area contributed by atoms with E-state index in [9.17, 15) is 18.0 Å². The second-order valence-electron chi connectivity index (χ2n) is 10.0. The van der Waals surface area contributed by atoms with E-state index in [0.29, 0.717) is 48.9 Å². The van der Waals surface area contributed by atoms with Crippen molar-refractivity contribution in [2.75, 3.05) is 36.5 Å². The van der Waals surface area contributed by atoms with Crippen LogP contribution in [0.15, 0.2) is 71.6 Å². The summed E-state index contributed by atoms with van der Waals surface area (Å²) in [6.45, 7) is 5.38. The van der Waals surface area contributed by atoms with Gasteiger partial charge in [-0.1, -0.05) is 24.1 Å². The number of nitrogens with zero attached hydrogens (tertiary/aromatic N) is 2. The lowest BCUT2D eigenvalue weighted by Crippen LogP contribution is -2.46. The zero-order chi connectivity index (χ0) is 28.3. The van der Waals surface area contributed by atoms with Gasteiger partial charge in [0.15, 0.2) is 6.10 Å². The van der Waals surface area contributed by atoms with Crippen LogP contribution in [0.25, 0.3) is 0 Å². The number of hydrogen-bond donors (Lipinski definition) is 1. The quantitative estimate of drug-likeness (QED) is 0.429. The van der Waals surface area contributed by atoms with Gasteiger partial charge in [0, 0.05) is 30.4 Å². The summed E-state index contributed by atoms with van der Waals surface area (Å²) < 4.78 is 39.0. The molecule has 1 fully saturated rings. The third kappa shape index (κ3) is 5.97. The molecule has 0 saturated carbocycles. The minimum Gasteiger partial charge on any atom is -0.492 e. The molecule has 0 bridgehead atoms. The Balaban J connectivity index is 1.25. The number of fused-ring (bicyclic) bond motifs is 1. The maximum Gasteiger partial charge on any atom is 0.267 e. The Kier molecular flexibility index (Phi) is 8.09. The fourth-order valence-corrected chi connectivity index (χ4v) is 6.36. The highest BCUT2D eigenvalue weighted by molar-refractivity contribution is 7.89. The topological polar surface area (TPSA) is 105 Å². The minimum absolute atomic E-state index is 0.170. The standard InChI is InChI=1S/C30H33N3O6S/c1-21-6-11-25(12-7-21)38-19-18-33-27-15-10-24(20-28(27)39-22(2)30(33)35)31-29(34)23-8-13-26(14-9-23)40(36,37)32-16-4-3-5-17-32/h6-15,20,22H,3-5,16-19H2,1-2H3,(H,31,34). The van der Waals surface area contributed by atoms with Crippen LogP contribution in [-0.4, -0.2) is 56.9 Å². The van der Waals surface area contributed by atoms with Gasteiger partial charge in [-0.05, 0) is 75.2 Å². The number of hydrogen-bond acceptors (Lipinski definition) is 6. The Morgan fingerprint density at radius 3 is 2.40 bits per heavy atom. The monoisotopic (exact) mass is 563 g/mol. The molecule has 5 rings (SSSR count). The lowest BCUT2D eigenvalue weighted by molar-refractivity contribution is -0.125. The molecule has 0 spiro atoms. The summed E-state index contributed by atoms with van der Waals surface area (Å²) >= 11 is 0. The Hall–Kier alpha value is -3.89. The van der Waals surface area contributed by atoms with Crippen LogP contribution in [0.5, 0.6) is 11.5 Å². The van der Waals surface area contributed by atoms with E-state index in [2.05, 4.69) is 5.32 Å². The zero-order valence-corrected chi connectivity index (χ0v) is 23.4. The first-order valence-corrected chi connectivity index (χ1v) is 14.9. The first-order valence-electron chi connectivity index (χ1n) is 13.5. The van der Waals surface area contributed by atoms with Crippen molar-refractivity contribution in [1.29, 1.82) is 0 Å². The largest absolute Gasteiger partial charge is 0.492 e. The van der Waals surface area contributed by atoms with Gasteiger partial charge in [-0.15, -0.1) is 0 Å². The number of aryl methyl sites for hydroxylation is 1. The molecule has 0 aromatic heterocycles. The number of sulfonamides is 1. The van der Waals surface area contributed by atoms with Crippen LogP contribution < -0.4 is 19.7 Å². The minimum atomic E-state index is -3.57. The molecule has 1 N–H and O–H groups in total. The first kappa shape index (κ1) is 27.7. The lowest BCUT2D eigenvalue weighted by atomic mass is 10.1. The Morgan fingerprint density at radius 1 is 1.00 bits per heavy atom. The van der Waals surface area contributed by atoms with Gasteiger partial charge in [0.05, 0.1) is 17.1 Å². The van der Waals surface area contributed by atoms with Gasteiger partial charge in [0.1, 0.15) is 18.1 Å². The van der Waals surface area contributed by atoms with E-state index in [1.165, 1.54) is 28.6 Å². The fraction of sp³-hybridized carbons (Fsp3) is 0.333. The molecule has 1 unspecified atom stereocenters. The summed E-state index contributed by atoms with van der Waals surface area (Å²) in [6.07, 6.45) is 2.06. The van der Waals surface area contributed by atoms with Crippen molar-refractivity contribution in [2.24, 2.45) is 0 Å². The highest BCUT2D eigenvalue weighted by Crippen LogP contribution is 2.36. The van der Waals surface area contributed by atoms with Crippen LogP contribution in [0.2, 0.25) is 0 Å². The van der Waals surface area contributed by atoms with Crippen LogP contribution >= 0.6 is 0 Å². The second kappa shape index (κ2) is 11.7. The van der Waals surface area contributed by atoms with Gasteiger partial charge in [-0.3, -0.25) is 9.59 Å². The van der Waals surface area contributed by atoms with Crippen molar-refractivity contribution in [1.82, 2.24) is 4.31 Å². The average Bonchev–Trinajstić information content (AvgIpc) is 2.96. The number of ether oxygens (including phenoxy) is 2. The van der Waals surface area contributed by atoms with Crippen LogP contribution in [0, 0.1) is 6.92 Å². The Labute approximate surface area is 234 Å². The molecule has 2 aliphatic rings. The third-order valence-corrected chi connectivity index (χ3v) is 9.01. The number of piperidine rings is 1. The van der Waals surface area contributed by atoms with Crippen LogP contribution in [-0.2, 0) is 14.8 Å². The molecule has 40 heavy (non-hydrogen) atoms. The summed E-state index contributed by atoms with van der Waals surface area (Å²) in [7, 11) is -3.57. The maximum atomic E-state index is 12.9. The van der Waals surface area contributed by atoms with Gasteiger partial charge < -0.3 is 19.7 Å². The van der Waals surface area contributed by atoms with Gasteiger partial charge in [-0.2, -0.15) is 4.31 Å². The Bertz CT molecular complexity index is 1480. The summed E-state index contributed by atoms with van der Waals surface area (Å²) in [5.41, 5.74) is 2.56. The number of benzene rings is 3. The van der Waals surface area contributed by atoms with Crippen LogP contribution in [0.3, 0.4) is 0 Å². The molecule has 1 atom stereocenters. The number of carbonyl (C=O) groups is 2. The molecule has 0 radical (unpaired) electrons. The molecule has 0 aliphatic carbocycles. The predicted octanol–water partition coefficient (Wildman–Crippen LogP) is 4.61. The third-order valence-electron chi connectivity index (χ3n) is 7.10. The van der Waals surface area contributed by atoms with E-state index in [0.717, 1.165) is 30.6 Å².